The van der Waals surface area contributed by atoms with Crippen LogP contribution in [0.2, 0.25) is 0 Å². The largest absolute Gasteiger partial charge is 0.508 e. The quantitative estimate of drug-likeness (QED) is 0.895. The van der Waals surface area contributed by atoms with Gasteiger partial charge in [-0.25, -0.2) is 0 Å². The third kappa shape index (κ3) is 3.61. The molecule has 1 atom stereocenters. The predicted molar refractivity (Wildman–Crippen MR) is 70.3 cm³/mol. The van der Waals surface area contributed by atoms with E-state index in [2.05, 4.69) is 0 Å². The van der Waals surface area contributed by atoms with E-state index in [0.717, 1.165) is 5.56 Å². The van der Waals surface area contributed by atoms with Gasteiger partial charge in [-0.2, -0.15) is 0 Å². The van der Waals surface area contributed by atoms with Crippen molar-refractivity contribution in [1.82, 2.24) is 4.90 Å². The summed E-state index contributed by atoms with van der Waals surface area (Å²) in [6.45, 7) is 5.93. The van der Waals surface area contributed by atoms with E-state index in [-0.39, 0.29) is 11.7 Å². The average Bonchev–Trinajstić information content (AvgIpc) is 2.37. The van der Waals surface area contributed by atoms with Crippen LogP contribution in [0.3, 0.4) is 0 Å². The molecule has 0 bridgehead atoms. The summed E-state index contributed by atoms with van der Waals surface area (Å²) in [5.41, 5.74) is 0.890. The summed E-state index contributed by atoms with van der Waals surface area (Å²) in [6.07, 6.45) is -0.570. The summed E-state index contributed by atoms with van der Waals surface area (Å²) < 4.78 is 10.8. The van der Waals surface area contributed by atoms with Crippen molar-refractivity contribution in [3.05, 3.63) is 23.8 Å². The zero-order valence-electron chi connectivity index (χ0n) is 11.3. The number of morpholine rings is 1. The lowest BCUT2D eigenvalue weighted by atomic mass is 10.2. The van der Waals surface area contributed by atoms with Gasteiger partial charge < -0.3 is 19.5 Å². The standard InChI is InChI=1S/C14H19NO4/c1-10-7-12(16)9-13(8-10)19-11(2)14(17)15-3-5-18-6-4-15/h7-9,11,16H,3-6H2,1-2H3. The van der Waals surface area contributed by atoms with Crippen molar-refractivity contribution in [1.29, 1.82) is 0 Å². The molecule has 2 rings (SSSR count). The van der Waals surface area contributed by atoms with Gasteiger partial charge in [0.15, 0.2) is 6.10 Å². The first-order valence-corrected chi connectivity index (χ1v) is 6.40. The van der Waals surface area contributed by atoms with Crippen LogP contribution >= 0.6 is 0 Å². The highest BCUT2D eigenvalue weighted by molar-refractivity contribution is 5.81. The molecule has 1 aliphatic heterocycles. The van der Waals surface area contributed by atoms with Crippen LogP contribution in [-0.4, -0.2) is 48.3 Å². The van der Waals surface area contributed by atoms with Gasteiger partial charge in [0, 0.05) is 19.2 Å². The van der Waals surface area contributed by atoms with Crippen molar-refractivity contribution in [2.24, 2.45) is 0 Å². The van der Waals surface area contributed by atoms with Gasteiger partial charge >= 0.3 is 0 Å². The fraction of sp³-hybridized carbons (Fsp3) is 0.500. The van der Waals surface area contributed by atoms with Gasteiger partial charge in [0.2, 0.25) is 0 Å². The first-order valence-electron chi connectivity index (χ1n) is 6.40. The number of hydrogen-bond donors (Lipinski definition) is 1. The van der Waals surface area contributed by atoms with Crippen LogP contribution in [0.25, 0.3) is 0 Å². The highest BCUT2D eigenvalue weighted by atomic mass is 16.5. The molecule has 0 radical (unpaired) electrons. The molecule has 0 aliphatic carbocycles. The van der Waals surface area contributed by atoms with Crippen LogP contribution in [0.1, 0.15) is 12.5 Å². The van der Waals surface area contributed by atoms with Crippen molar-refractivity contribution in [3.63, 3.8) is 0 Å². The third-order valence-electron chi connectivity index (χ3n) is 3.02. The summed E-state index contributed by atoms with van der Waals surface area (Å²) in [5, 5.41) is 9.50. The number of amides is 1. The van der Waals surface area contributed by atoms with E-state index in [4.69, 9.17) is 9.47 Å². The molecule has 0 saturated carbocycles. The Morgan fingerprint density at radius 2 is 2.05 bits per heavy atom. The Morgan fingerprint density at radius 3 is 2.68 bits per heavy atom. The van der Waals surface area contributed by atoms with Crippen molar-refractivity contribution in [2.45, 2.75) is 20.0 Å². The number of aromatic hydroxyl groups is 1. The molecule has 1 N–H and O–H groups in total. The maximum atomic E-state index is 12.2. The number of benzene rings is 1. The van der Waals surface area contributed by atoms with Gasteiger partial charge in [-0.15, -0.1) is 0 Å². The fourth-order valence-electron chi connectivity index (χ4n) is 2.09. The Balaban J connectivity index is 1.99. The van der Waals surface area contributed by atoms with E-state index in [1.165, 1.54) is 6.07 Å². The Labute approximate surface area is 112 Å². The third-order valence-corrected chi connectivity index (χ3v) is 3.02. The second-order valence-corrected chi connectivity index (χ2v) is 4.70. The number of phenols is 1. The number of aryl methyl sites for hydroxylation is 1. The summed E-state index contributed by atoms with van der Waals surface area (Å²) in [6, 6.07) is 4.94. The minimum atomic E-state index is -0.570. The predicted octanol–water partition coefficient (Wildman–Crippen LogP) is 1.33. The summed E-state index contributed by atoms with van der Waals surface area (Å²) in [5.74, 6) is 0.594. The molecule has 0 aromatic heterocycles. The van der Waals surface area contributed by atoms with E-state index in [1.807, 2.05) is 6.92 Å². The zero-order valence-corrected chi connectivity index (χ0v) is 11.3. The average molecular weight is 265 g/mol. The SMILES string of the molecule is Cc1cc(O)cc(OC(C)C(=O)N2CCOCC2)c1. The van der Waals surface area contributed by atoms with Crippen molar-refractivity contribution >= 4 is 5.91 Å². The van der Waals surface area contributed by atoms with E-state index in [1.54, 1.807) is 24.0 Å². The lowest BCUT2D eigenvalue weighted by Gasteiger charge is -2.29. The normalized spacial score (nSPS) is 17.1. The zero-order chi connectivity index (χ0) is 13.8. The van der Waals surface area contributed by atoms with Gasteiger partial charge in [0.25, 0.3) is 5.91 Å². The number of nitrogens with zero attached hydrogens (tertiary/aromatic N) is 1. The number of phenolic OH excluding ortho intramolecular Hbond substituents is 1. The second-order valence-electron chi connectivity index (χ2n) is 4.70. The topological polar surface area (TPSA) is 59.0 Å². The summed E-state index contributed by atoms with van der Waals surface area (Å²) >= 11 is 0. The molecule has 1 amide bonds. The van der Waals surface area contributed by atoms with E-state index >= 15 is 0 Å². The highest BCUT2D eigenvalue weighted by Gasteiger charge is 2.23. The van der Waals surface area contributed by atoms with E-state index < -0.39 is 6.10 Å². The van der Waals surface area contributed by atoms with Crippen molar-refractivity contribution < 1.29 is 19.4 Å². The molecule has 5 heteroatoms. The van der Waals surface area contributed by atoms with Crippen LogP contribution in [0, 0.1) is 6.92 Å². The number of carbonyl (C=O) groups excluding carboxylic acids is 1. The molecule has 19 heavy (non-hydrogen) atoms. The number of carbonyl (C=O) groups is 1. The molecule has 1 aliphatic rings. The molecule has 1 heterocycles. The molecular weight excluding hydrogens is 246 g/mol. The molecule has 1 aromatic rings. The number of hydrogen-bond acceptors (Lipinski definition) is 4. The van der Waals surface area contributed by atoms with Gasteiger partial charge in [0.1, 0.15) is 11.5 Å². The van der Waals surface area contributed by atoms with Crippen LogP contribution in [-0.2, 0) is 9.53 Å². The van der Waals surface area contributed by atoms with Crippen LogP contribution in [0.4, 0.5) is 0 Å². The molecule has 104 valence electrons. The maximum absolute atomic E-state index is 12.2. The molecule has 1 aromatic carbocycles. The van der Waals surface area contributed by atoms with Crippen LogP contribution in [0.15, 0.2) is 18.2 Å². The Kier molecular flexibility index (Phi) is 4.27. The van der Waals surface area contributed by atoms with Crippen LogP contribution < -0.4 is 4.74 Å². The summed E-state index contributed by atoms with van der Waals surface area (Å²) in [4.78, 5) is 13.9. The van der Waals surface area contributed by atoms with Gasteiger partial charge in [-0.1, -0.05) is 0 Å². The lowest BCUT2D eigenvalue weighted by molar-refractivity contribution is -0.142. The first kappa shape index (κ1) is 13.7. The summed E-state index contributed by atoms with van der Waals surface area (Å²) in [7, 11) is 0. The molecule has 1 saturated heterocycles. The maximum Gasteiger partial charge on any atom is 0.263 e. The molecule has 5 nitrogen and oxygen atoms in total. The van der Waals surface area contributed by atoms with Crippen molar-refractivity contribution in [2.75, 3.05) is 26.3 Å². The molecular formula is C14H19NO4. The Morgan fingerprint density at radius 1 is 1.37 bits per heavy atom. The molecule has 0 spiro atoms. The Bertz CT molecular complexity index is 435. The number of rotatable bonds is 3. The fourth-order valence-corrected chi connectivity index (χ4v) is 2.09. The Hall–Kier alpha value is -1.75. The lowest BCUT2D eigenvalue weighted by Crippen LogP contribution is -2.46. The highest BCUT2D eigenvalue weighted by Crippen LogP contribution is 2.22. The minimum absolute atomic E-state index is 0.0516. The molecule has 1 fully saturated rings. The molecule has 1 unspecified atom stereocenters. The first-order chi connectivity index (χ1) is 9.06. The van der Waals surface area contributed by atoms with Gasteiger partial charge in [-0.05, 0) is 31.5 Å². The van der Waals surface area contributed by atoms with E-state index in [0.29, 0.717) is 32.1 Å². The van der Waals surface area contributed by atoms with Crippen LogP contribution in [0.5, 0.6) is 11.5 Å². The smallest absolute Gasteiger partial charge is 0.263 e. The second kappa shape index (κ2) is 5.93. The van der Waals surface area contributed by atoms with Crippen molar-refractivity contribution in [3.8, 4) is 11.5 Å². The van der Waals surface area contributed by atoms with Gasteiger partial charge in [-0.3, -0.25) is 4.79 Å². The van der Waals surface area contributed by atoms with E-state index in [9.17, 15) is 9.90 Å². The number of ether oxygens (including phenoxy) is 2. The minimum Gasteiger partial charge on any atom is -0.508 e. The monoisotopic (exact) mass is 265 g/mol. The van der Waals surface area contributed by atoms with Gasteiger partial charge in [0.05, 0.1) is 13.2 Å².